The molecule has 0 unspecified atom stereocenters. The number of hydrogen-bond acceptors (Lipinski definition) is 3. The zero-order chi connectivity index (χ0) is 16.5. The van der Waals surface area contributed by atoms with Crippen molar-refractivity contribution in [2.24, 2.45) is 0 Å². The van der Waals surface area contributed by atoms with E-state index >= 15 is 0 Å². The lowest BCUT2D eigenvalue weighted by molar-refractivity contribution is -0.137. The van der Waals surface area contributed by atoms with Crippen molar-refractivity contribution in [3.05, 3.63) is 52.1 Å². The van der Waals surface area contributed by atoms with Crippen molar-refractivity contribution in [3.8, 4) is 0 Å². The first-order chi connectivity index (χ1) is 10.1. The highest BCUT2D eigenvalue weighted by molar-refractivity contribution is 9.10. The molecule has 4 nitrogen and oxygen atoms in total. The topological polar surface area (TPSA) is 59.1 Å². The van der Waals surface area contributed by atoms with Gasteiger partial charge < -0.3 is 0 Å². The fourth-order valence-electron chi connectivity index (χ4n) is 1.64. The van der Waals surface area contributed by atoms with Gasteiger partial charge in [0.25, 0.3) is 10.0 Å². The second-order valence-corrected chi connectivity index (χ2v) is 6.93. The number of halogens is 4. The smallest absolute Gasteiger partial charge is 0.263 e. The van der Waals surface area contributed by atoms with E-state index in [4.69, 9.17) is 0 Å². The van der Waals surface area contributed by atoms with E-state index in [0.717, 1.165) is 18.2 Å². The van der Waals surface area contributed by atoms with Crippen LogP contribution in [0.1, 0.15) is 11.3 Å². The number of nitrogens with one attached hydrogen (secondary N) is 1. The van der Waals surface area contributed by atoms with Crippen LogP contribution in [0.2, 0.25) is 0 Å². The number of aryl methyl sites for hydroxylation is 1. The maximum absolute atomic E-state index is 12.6. The normalized spacial score (nSPS) is 12.2. The van der Waals surface area contributed by atoms with Crippen molar-refractivity contribution < 1.29 is 21.6 Å². The third kappa shape index (κ3) is 3.77. The minimum atomic E-state index is -4.61. The van der Waals surface area contributed by atoms with Crippen LogP contribution in [0.25, 0.3) is 0 Å². The van der Waals surface area contributed by atoms with Crippen molar-refractivity contribution in [3.63, 3.8) is 0 Å². The van der Waals surface area contributed by atoms with Crippen molar-refractivity contribution in [2.75, 3.05) is 4.72 Å². The van der Waals surface area contributed by atoms with Gasteiger partial charge in [-0.25, -0.2) is 13.4 Å². The molecular weight excluding hydrogens is 385 g/mol. The summed E-state index contributed by atoms with van der Waals surface area (Å²) in [6.45, 7) is 1.66. The van der Waals surface area contributed by atoms with Gasteiger partial charge in [-0.15, -0.1) is 0 Å². The highest BCUT2D eigenvalue weighted by atomic mass is 79.9. The fourth-order valence-corrected chi connectivity index (χ4v) is 2.90. The van der Waals surface area contributed by atoms with Crippen LogP contribution in [0.15, 0.2) is 45.8 Å². The Morgan fingerprint density at radius 2 is 1.86 bits per heavy atom. The summed E-state index contributed by atoms with van der Waals surface area (Å²) in [6.07, 6.45) is -4.61. The summed E-state index contributed by atoms with van der Waals surface area (Å²) in [5, 5.41) is 0. The number of pyridine rings is 1. The lowest BCUT2D eigenvalue weighted by Gasteiger charge is -2.11. The van der Waals surface area contributed by atoms with Gasteiger partial charge >= 0.3 is 6.18 Å². The largest absolute Gasteiger partial charge is 0.416 e. The minimum absolute atomic E-state index is 0.0260. The summed E-state index contributed by atoms with van der Waals surface area (Å²) in [5.74, 6) is 0.0260. The fraction of sp³-hybridized carbons (Fsp3) is 0.154. The molecule has 1 N–H and O–H groups in total. The molecule has 0 aliphatic heterocycles. The minimum Gasteiger partial charge on any atom is -0.263 e. The van der Waals surface area contributed by atoms with Gasteiger partial charge in [0.15, 0.2) is 0 Å². The summed E-state index contributed by atoms with van der Waals surface area (Å²) in [5.41, 5.74) is -0.487. The third-order valence-corrected chi connectivity index (χ3v) is 4.92. The number of aromatic nitrogens is 1. The maximum atomic E-state index is 12.6. The molecule has 2 aromatic rings. The molecule has 1 heterocycles. The van der Waals surface area contributed by atoms with Crippen molar-refractivity contribution in [2.45, 2.75) is 18.0 Å². The Bertz CT molecular complexity index is 807. The van der Waals surface area contributed by atoms with Crippen molar-refractivity contribution >= 4 is 31.8 Å². The molecule has 22 heavy (non-hydrogen) atoms. The zero-order valence-electron chi connectivity index (χ0n) is 11.1. The zero-order valence-corrected chi connectivity index (χ0v) is 13.6. The van der Waals surface area contributed by atoms with Crippen LogP contribution in [-0.4, -0.2) is 13.4 Å². The Morgan fingerprint density at radius 1 is 1.18 bits per heavy atom. The monoisotopic (exact) mass is 394 g/mol. The van der Waals surface area contributed by atoms with E-state index in [-0.39, 0.29) is 5.82 Å². The Kier molecular flexibility index (Phi) is 4.48. The first-order valence-electron chi connectivity index (χ1n) is 5.93. The Labute approximate surface area is 133 Å². The molecular formula is C13H10BrF3N2O2S. The average Bonchev–Trinajstić information content (AvgIpc) is 2.42. The van der Waals surface area contributed by atoms with Gasteiger partial charge in [0.2, 0.25) is 0 Å². The predicted octanol–water partition coefficient (Wildman–Crippen LogP) is 3.97. The van der Waals surface area contributed by atoms with Gasteiger partial charge in [-0.3, -0.25) is 4.72 Å². The van der Waals surface area contributed by atoms with E-state index in [1.807, 2.05) is 0 Å². The molecule has 0 saturated heterocycles. The summed E-state index contributed by atoms with van der Waals surface area (Å²) >= 11 is 3.22. The Morgan fingerprint density at radius 3 is 2.45 bits per heavy atom. The number of nitrogens with zero attached hydrogens (tertiary/aromatic N) is 1. The average molecular weight is 395 g/mol. The Hall–Kier alpha value is -1.61. The van der Waals surface area contributed by atoms with Gasteiger partial charge in [-0.05, 0) is 53.2 Å². The van der Waals surface area contributed by atoms with Crippen LogP contribution in [0, 0.1) is 6.92 Å². The molecule has 0 bridgehead atoms. The Balaban J connectivity index is 2.36. The quantitative estimate of drug-likeness (QED) is 0.856. The van der Waals surface area contributed by atoms with E-state index in [9.17, 15) is 21.6 Å². The second kappa shape index (κ2) is 5.88. The standard InChI is InChI=1S/C13H10BrF3N2O2S/c1-8-11(14)5-6-12(18-8)19-22(20,21)10-4-2-3-9(7-10)13(15,16)17/h2-7H,1H3,(H,18,19). The van der Waals surface area contributed by atoms with Crippen LogP contribution < -0.4 is 4.72 Å². The molecule has 0 aliphatic carbocycles. The van der Waals surface area contributed by atoms with Gasteiger partial charge in [-0.2, -0.15) is 13.2 Å². The first kappa shape index (κ1) is 16.8. The van der Waals surface area contributed by atoms with Crippen molar-refractivity contribution in [1.29, 1.82) is 0 Å². The van der Waals surface area contributed by atoms with Gasteiger partial charge in [0.05, 0.1) is 16.2 Å². The summed E-state index contributed by atoms with van der Waals surface area (Å²) in [6, 6.07) is 6.50. The molecule has 0 radical (unpaired) electrons. The summed E-state index contributed by atoms with van der Waals surface area (Å²) in [7, 11) is -4.15. The van der Waals surface area contributed by atoms with E-state index in [1.54, 1.807) is 13.0 Å². The molecule has 0 aliphatic rings. The molecule has 0 spiro atoms. The number of sulfonamides is 1. The van der Waals surface area contributed by atoms with Crippen LogP contribution in [-0.2, 0) is 16.2 Å². The van der Waals surface area contributed by atoms with E-state index in [2.05, 4.69) is 25.6 Å². The lowest BCUT2D eigenvalue weighted by Crippen LogP contribution is -2.15. The molecule has 0 fully saturated rings. The van der Waals surface area contributed by atoms with Crippen LogP contribution >= 0.6 is 15.9 Å². The number of rotatable bonds is 3. The highest BCUT2D eigenvalue weighted by Crippen LogP contribution is 2.30. The molecule has 0 amide bonds. The molecule has 118 valence electrons. The van der Waals surface area contributed by atoms with Gasteiger partial charge in [0, 0.05) is 4.47 Å². The second-order valence-electron chi connectivity index (χ2n) is 4.39. The molecule has 0 saturated carbocycles. The third-order valence-electron chi connectivity index (χ3n) is 2.73. The predicted molar refractivity (Wildman–Crippen MR) is 78.9 cm³/mol. The molecule has 1 aromatic carbocycles. The molecule has 1 aromatic heterocycles. The SMILES string of the molecule is Cc1nc(NS(=O)(=O)c2cccc(C(F)(F)F)c2)ccc1Br. The van der Waals surface area contributed by atoms with E-state index < -0.39 is 26.7 Å². The van der Waals surface area contributed by atoms with Gasteiger partial charge in [0.1, 0.15) is 5.82 Å². The number of anilines is 1. The van der Waals surface area contributed by atoms with Crippen LogP contribution in [0.5, 0.6) is 0 Å². The highest BCUT2D eigenvalue weighted by Gasteiger charge is 2.31. The summed E-state index contributed by atoms with van der Waals surface area (Å²) < 4.78 is 65.1. The van der Waals surface area contributed by atoms with Crippen LogP contribution in [0.3, 0.4) is 0 Å². The number of hydrogen-bond donors (Lipinski definition) is 1. The number of benzene rings is 1. The van der Waals surface area contributed by atoms with E-state index in [1.165, 1.54) is 6.07 Å². The van der Waals surface area contributed by atoms with Crippen LogP contribution in [0.4, 0.5) is 19.0 Å². The molecule has 2 rings (SSSR count). The summed E-state index contributed by atoms with van der Waals surface area (Å²) in [4.78, 5) is 3.51. The molecule has 9 heteroatoms. The van der Waals surface area contributed by atoms with E-state index in [0.29, 0.717) is 16.2 Å². The number of alkyl halides is 3. The lowest BCUT2D eigenvalue weighted by atomic mass is 10.2. The maximum Gasteiger partial charge on any atom is 0.416 e. The first-order valence-corrected chi connectivity index (χ1v) is 8.20. The van der Waals surface area contributed by atoms with Crippen molar-refractivity contribution in [1.82, 2.24) is 4.98 Å². The molecule has 0 atom stereocenters. The van der Waals surface area contributed by atoms with Gasteiger partial charge in [-0.1, -0.05) is 6.07 Å².